The topological polar surface area (TPSA) is 102 Å². The lowest BCUT2D eigenvalue weighted by atomic mass is 9.89. The summed E-state index contributed by atoms with van der Waals surface area (Å²) in [7, 11) is 0. The predicted molar refractivity (Wildman–Crippen MR) is 109 cm³/mol. The molecule has 0 saturated carbocycles. The van der Waals surface area contributed by atoms with Crippen LogP contribution in [0.4, 0.5) is 4.79 Å². The molecule has 1 aliphatic rings. The standard InChI is InChI=1S/C22H24N4O3/c1-14(2)21(3,13-23)24-18(27)12-26-19(28)22(4,25-20(26)29)17-10-9-15-7-5-6-8-16(15)11-17/h5-11,14H,12H2,1-4H3,(H,24,27)(H,25,29). The number of benzene rings is 2. The first-order valence-electron chi connectivity index (χ1n) is 9.46. The number of urea groups is 1. The van der Waals surface area contributed by atoms with Gasteiger partial charge < -0.3 is 10.6 Å². The molecule has 2 N–H and O–H groups in total. The van der Waals surface area contributed by atoms with Crippen LogP contribution >= 0.6 is 0 Å². The Hall–Kier alpha value is -3.40. The van der Waals surface area contributed by atoms with E-state index in [1.807, 2.05) is 50.2 Å². The van der Waals surface area contributed by atoms with Gasteiger partial charge in [-0.2, -0.15) is 5.26 Å². The summed E-state index contributed by atoms with van der Waals surface area (Å²) >= 11 is 0. The summed E-state index contributed by atoms with van der Waals surface area (Å²) in [6.45, 7) is 6.42. The Bertz CT molecular complexity index is 1040. The van der Waals surface area contributed by atoms with Gasteiger partial charge in [0, 0.05) is 0 Å². The summed E-state index contributed by atoms with van der Waals surface area (Å²) in [5.74, 6) is -1.20. The van der Waals surface area contributed by atoms with Gasteiger partial charge in [-0.05, 0) is 42.2 Å². The highest BCUT2D eigenvalue weighted by molar-refractivity contribution is 6.09. The third-order valence-electron chi connectivity index (χ3n) is 5.69. The van der Waals surface area contributed by atoms with E-state index in [0.29, 0.717) is 5.56 Å². The lowest BCUT2D eigenvalue weighted by molar-refractivity contribution is -0.135. The monoisotopic (exact) mass is 392 g/mol. The number of carbonyl (C=O) groups is 3. The molecule has 3 rings (SSSR count). The van der Waals surface area contributed by atoms with Crippen molar-refractivity contribution in [2.75, 3.05) is 6.54 Å². The molecular weight excluding hydrogens is 368 g/mol. The number of carbonyl (C=O) groups excluding carboxylic acids is 3. The molecular formula is C22H24N4O3. The van der Waals surface area contributed by atoms with E-state index >= 15 is 0 Å². The van der Waals surface area contributed by atoms with Gasteiger partial charge in [0.25, 0.3) is 5.91 Å². The van der Waals surface area contributed by atoms with Gasteiger partial charge >= 0.3 is 6.03 Å². The number of imide groups is 1. The van der Waals surface area contributed by atoms with E-state index in [9.17, 15) is 19.6 Å². The van der Waals surface area contributed by atoms with E-state index in [1.54, 1.807) is 19.9 Å². The zero-order chi connectivity index (χ0) is 21.4. The van der Waals surface area contributed by atoms with Crippen molar-refractivity contribution in [3.05, 3.63) is 48.0 Å². The fourth-order valence-electron chi connectivity index (χ4n) is 3.31. The van der Waals surface area contributed by atoms with Crippen molar-refractivity contribution in [1.29, 1.82) is 5.26 Å². The van der Waals surface area contributed by atoms with E-state index < -0.39 is 35.5 Å². The minimum Gasteiger partial charge on any atom is -0.336 e. The molecule has 1 heterocycles. The molecule has 29 heavy (non-hydrogen) atoms. The van der Waals surface area contributed by atoms with Gasteiger partial charge in [0.05, 0.1) is 6.07 Å². The molecule has 1 aliphatic heterocycles. The van der Waals surface area contributed by atoms with Crippen LogP contribution in [0.5, 0.6) is 0 Å². The van der Waals surface area contributed by atoms with Crippen molar-refractivity contribution >= 4 is 28.6 Å². The maximum Gasteiger partial charge on any atom is 0.325 e. The quantitative estimate of drug-likeness (QED) is 0.764. The van der Waals surface area contributed by atoms with Crippen LogP contribution in [0.25, 0.3) is 10.8 Å². The first kappa shape index (κ1) is 20.3. The van der Waals surface area contributed by atoms with E-state index in [1.165, 1.54) is 0 Å². The smallest absolute Gasteiger partial charge is 0.325 e. The van der Waals surface area contributed by atoms with Gasteiger partial charge in [-0.25, -0.2) is 4.79 Å². The number of fused-ring (bicyclic) bond motifs is 1. The van der Waals surface area contributed by atoms with Crippen LogP contribution in [0.1, 0.15) is 33.3 Å². The molecule has 2 unspecified atom stereocenters. The Kier molecular flexibility index (Phi) is 5.05. The van der Waals surface area contributed by atoms with E-state index in [-0.39, 0.29) is 5.92 Å². The van der Waals surface area contributed by atoms with Crippen LogP contribution in [0.15, 0.2) is 42.5 Å². The normalized spacial score (nSPS) is 21.0. The summed E-state index contributed by atoms with van der Waals surface area (Å²) in [6.07, 6.45) is 0. The molecule has 2 aromatic rings. The lowest BCUT2D eigenvalue weighted by Crippen LogP contribution is -2.52. The Labute approximate surface area is 169 Å². The molecule has 0 bridgehead atoms. The van der Waals surface area contributed by atoms with Gasteiger partial charge in [0.2, 0.25) is 5.91 Å². The Balaban J connectivity index is 1.83. The highest BCUT2D eigenvalue weighted by Crippen LogP contribution is 2.31. The van der Waals surface area contributed by atoms with Gasteiger partial charge in [0.1, 0.15) is 17.6 Å². The van der Waals surface area contributed by atoms with Crippen molar-refractivity contribution in [2.24, 2.45) is 5.92 Å². The first-order valence-corrected chi connectivity index (χ1v) is 9.46. The molecule has 0 aromatic heterocycles. The second-order valence-corrected chi connectivity index (χ2v) is 8.03. The van der Waals surface area contributed by atoms with Gasteiger partial charge in [0.15, 0.2) is 0 Å². The third kappa shape index (κ3) is 3.54. The number of rotatable bonds is 5. The highest BCUT2D eigenvalue weighted by atomic mass is 16.2. The minimum atomic E-state index is -1.27. The SMILES string of the molecule is CC(C)C(C)(C#N)NC(=O)CN1C(=O)NC(C)(c2ccc3ccccc3c2)C1=O. The van der Waals surface area contributed by atoms with Crippen LogP contribution in [0, 0.1) is 17.2 Å². The molecule has 0 aliphatic carbocycles. The van der Waals surface area contributed by atoms with Gasteiger partial charge in [-0.3, -0.25) is 14.5 Å². The van der Waals surface area contributed by atoms with Crippen LogP contribution < -0.4 is 10.6 Å². The van der Waals surface area contributed by atoms with Crippen LogP contribution in [-0.4, -0.2) is 34.8 Å². The number of hydrogen-bond donors (Lipinski definition) is 2. The molecule has 2 atom stereocenters. The molecule has 0 spiro atoms. The van der Waals surface area contributed by atoms with Crippen molar-refractivity contribution in [2.45, 2.75) is 38.8 Å². The Morgan fingerprint density at radius 3 is 2.52 bits per heavy atom. The maximum absolute atomic E-state index is 13.1. The van der Waals surface area contributed by atoms with Crippen molar-refractivity contribution in [3.63, 3.8) is 0 Å². The van der Waals surface area contributed by atoms with Gasteiger partial charge in [-0.1, -0.05) is 50.2 Å². The molecule has 2 aromatic carbocycles. The second kappa shape index (κ2) is 7.21. The molecule has 0 radical (unpaired) electrons. The van der Waals surface area contributed by atoms with Crippen molar-refractivity contribution in [1.82, 2.24) is 15.5 Å². The number of nitrogens with zero attached hydrogens (tertiary/aromatic N) is 2. The Morgan fingerprint density at radius 2 is 1.90 bits per heavy atom. The fourth-order valence-corrected chi connectivity index (χ4v) is 3.31. The molecule has 1 fully saturated rings. The largest absolute Gasteiger partial charge is 0.336 e. The van der Waals surface area contributed by atoms with Crippen molar-refractivity contribution < 1.29 is 14.4 Å². The Morgan fingerprint density at radius 1 is 1.24 bits per heavy atom. The average Bonchev–Trinajstić information content (AvgIpc) is 2.91. The van der Waals surface area contributed by atoms with Crippen LogP contribution in [0.3, 0.4) is 0 Å². The summed E-state index contributed by atoms with van der Waals surface area (Å²) < 4.78 is 0. The summed E-state index contributed by atoms with van der Waals surface area (Å²) in [4.78, 5) is 38.9. The fraction of sp³-hybridized carbons (Fsp3) is 0.364. The number of amides is 4. The molecule has 1 saturated heterocycles. The number of nitrogens with one attached hydrogen (secondary N) is 2. The molecule has 7 heteroatoms. The number of nitriles is 1. The molecule has 4 amide bonds. The average molecular weight is 392 g/mol. The summed E-state index contributed by atoms with van der Waals surface area (Å²) in [5.41, 5.74) is -1.71. The van der Waals surface area contributed by atoms with E-state index in [2.05, 4.69) is 16.7 Å². The molecule has 7 nitrogen and oxygen atoms in total. The predicted octanol–water partition coefficient (Wildman–Crippen LogP) is 2.66. The lowest BCUT2D eigenvalue weighted by Gasteiger charge is -2.28. The van der Waals surface area contributed by atoms with Gasteiger partial charge in [-0.15, -0.1) is 0 Å². The minimum absolute atomic E-state index is 0.137. The second-order valence-electron chi connectivity index (χ2n) is 8.03. The summed E-state index contributed by atoms with van der Waals surface area (Å²) in [6, 6.07) is 14.7. The van der Waals surface area contributed by atoms with E-state index in [4.69, 9.17) is 0 Å². The highest BCUT2D eigenvalue weighted by Gasteiger charge is 2.49. The third-order valence-corrected chi connectivity index (χ3v) is 5.69. The van der Waals surface area contributed by atoms with E-state index in [0.717, 1.165) is 15.7 Å². The number of hydrogen-bond acceptors (Lipinski definition) is 4. The maximum atomic E-state index is 13.1. The summed E-state index contributed by atoms with van der Waals surface area (Å²) in [5, 5.41) is 16.7. The first-order chi connectivity index (χ1) is 13.6. The van der Waals surface area contributed by atoms with Crippen molar-refractivity contribution in [3.8, 4) is 6.07 Å². The zero-order valence-electron chi connectivity index (χ0n) is 16.9. The van der Waals surface area contributed by atoms with Crippen LogP contribution in [0.2, 0.25) is 0 Å². The molecule has 150 valence electrons. The zero-order valence-corrected chi connectivity index (χ0v) is 16.9. The van der Waals surface area contributed by atoms with Crippen LogP contribution in [-0.2, 0) is 15.1 Å².